The van der Waals surface area contributed by atoms with E-state index >= 15 is 0 Å². The maximum Gasteiger partial charge on any atom is 0.266 e. The zero-order valence-corrected chi connectivity index (χ0v) is 18.6. The lowest BCUT2D eigenvalue weighted by molar-refractivity contribution is -0.123. The number of anilines is 1. The van der Waals surface area contributed by atoms with Gasteiger partial charge in [-0.05, 0) is 30.7 Å². The van der Waals surface area contributed by atoms with Gasteiger partial charge in [-0.3, -0.25) is 4.79 Å². The number of amides is 1. The van der Waals surface area contributed by atoms with E-state index in [4.69, 9.17) is 14.2 Å². The molecule has 1 amide bonds. The van der Waals surface area contributed by atoms with E-state index in [0.29, 0.717) is 35.6 Å². The van der Waals surface area contributed by atoms with E-state index in [0.717, 1.165) is 11.3 Å². The number of aromatic nitrogens is 5. The third-order valence-electron chi connectivity index (χ3n) is 4.92. The summed E-state index contributed by atoms with van der Waals surface area (Å²) in [6, 6.07) is 11.1. The molecular weight excluding hydrogens is 424 g/mol. The van der Waals surface area contributed by atoms with Crippen LogP contribution in [0.2, 0.25) is 0 Å². The molecule has 0 radical (unpaired) electrons. The SMILES string of the molecule is COCC[C@H](Oc1ncnc2c1cnn2-c1cccc(OC)c1)C(=O)Nc1ccc(C)cn1. The molecule has 0 aliphatic heterocycles. The summed E-state index contributed by atoms with van der Waals surface area (Å²) in [5.41, 5.74) is 2.31. The Kier molecular flexibility index (Phi) is 6.75. The van der Waals surface area contributed by atoms with E-state index in [-0.39, 0.29) is 11.8 Å². The molecule has 1 atom stereocenters. The molecule has 3 heterocycles. The van der Waals surface area contributed by atoms with Crippen molar-refractivity contribution in [2.75, 3.05) is 26.1 Å². The minimum atomic E-state index is -0.855. The van der Waals surface area contributed by atoms with Gasteiger partial charge in [0.1, 0.15) is 23.3 Å². The summed E-state index contributed by atoms with van der Waals surface area (Å²) in [7, 11) is 3.17. The summed E-state index contributed by atoms with van der Waals surface area (Å²) in [6.07, 6.45) is 4.14. The number of aryl methyl sites for hydroxylation is 1. The van der Waals surface area contributed by atoms with E-state index in [9.17, 15) is 4.79 Å². The lowest BCUT2D eigenvalue weighted by Crippen LogP contribution is -2.34. The van der Waals surface area contributed by atoms with Crippen LogP contribution in [0.1, 0.15) is 12.0 Å². The smallest absolute Gasteiger partial charge is 0.266 e. The average Bonchev–Trinajstić information content (AvgIpc) is 3.28. The summed E-state index contributed by atoms with van der Waals surface area (Å²) < 4.78 is 18.2. The van der Waals surface area contributed by atoms with Crippen molar-refractivity contribution in [1.82, 2.24) is 24.7 Å². The zero-order valence-electron chi connectivity index (χ0n) is 18.6. The molecule has 0 fully saturated rings. The highest BCUT2D eigenvalue weighted by atomic mass is 16.5. The molecule has 4 aromatic rings. The number of benzene rings is 1. The monoisotopic (exact) mass is 448 g/mol. The molecule has 0 aliphatic rings. The van der Waals surface area contributed by atoms with Crippen LogP contribution in [-0.2, 0) is 9.53 Å². The van der Waals surface area contributed by atoms with E-state index in [1.165, 1.54) is 6.33 Å². The number of hydrogen-bond acceptors (Lipinski definition) is 8. The van der Waals surface area contributed by atoms with E-state index < -0.39 is 6.10 Å². The van der Waals surface area contributed by atoms with Gasteiger partial charge in [0.15, 0.2) is 11.8 Å². The van der Waals surface area contributed by atoms with Gasteiger partial charge in [0.05, 0.1) is 25.6 Å². The molecule has 0 spiro atoms. The Balaban J connectivity index is 1.61. The molecule has 1 N–H and O–H groups in total. The molecule has 4 rings (SSSR count). The molecule has 3 aromatic heterocycles. The summed E-state index contributed by atoms with van der Waals surface area (Å²) in [6.45, 7) is 2.26. The van der Waals surface area contributed by atoms with Gasteiger partial charge in [0.25, 0.3) is 5.91 Å². The van der Waals surface area contributed by atoms with Crippen LogP contribution in [0, 0.1) is 6.92 Å². The number of methoxy groups -OCH3 is 2. The highest BCUT2D eigenvalue weighted by molar-refractivity contribution is 5.94. The maximum absolute atomic E-state index is 12.9. The predicted molar refractivity (Wildman–Crippen MR) is 122 cm³/mol. The second-order valence-corrected chi connectivity index (χ2v) is 7.27. The molecule has 0 saturated heterocycles. The first-order valence-electron chi connectivity index (χ1n) is 10.3. The first kappa shape index (κ1) is 22.2. The first-order valence-corrected chi connectivity index (χ1v) is 10.3. The second kappa shape index (κ2) is 10.0. The number of hydrogen-bond donors (Lipinski definition) is 1. The van der Waals surface area contributed by atoms with Gasteiger partial charge in [0, 0.05) is 25.8 Å². The molecule has 1 aromatic carbocycles. The molecule has 33 heavy (non-hydrogen) atoms. The Bertz CT molecular complexity index is 1240. The fourth-order valence-corrected chi connectivity index (χ4v) is 3.20. The lowest BCUT2D eigenvalue weighted by Gasteiger charge is -2.18. The largest absolute Gasteiger partial charge is 0.497 e. The number of rotatable bonds is 9. The van der Waals surface area contributed by atoms with Crippen LogP contribution in [0.4, 0.5) is 5.82 Å². The first-order chi connectivity index (χ1) is 16.1. The highest BCUT2D eigenvalue weighted by Gasteiger charge is 2.23. The second-order valence-electron chi connectivity index (χ2n) is 7.27. The van der Waals surface area contributed by atoms with Crippen molar-refractivity contribution in [3.05, 3.63) is 60.7 Å². The van der Waals surface area contributed by atoms with Crippen LogP contribution in [0.3, 0.4) is 0 Å². The summed E-state index contributed by atoms with van der Waals surface area (Å²) >= 11 is 0. The minimum Gasteiger partial charge on any atom is -0.497 e. The molecule has 0 saturated carbocycles. The lowest BCUT2D eigenvalue weighted by atomic mass is 10.2. The van der Waals surface area contributed by atoms with Crippen LogP contribution in [0.15, 0.2) is 55.1 Å². The molecule has 10 nitrogen and oxygen atoms in total. The van der Waals surface area contributed by atoms with Crippen molar-refractivity contribution >= 4 is 22.8 Å². The molecule has 0 unspecified atom stereocenters. The van der Waals surface area contributed by atoms with Crippen LogP contribution >= 0.6 is 0 Å². The summed E-state index contributed by atoms with van der Waals surface area (Å²) in [4.78, 5) is 25.8. The van der Waals surface area contributed by atoms with Crippen molar-refractivity contribution in [2.45, 2.75) is 19.4 Å². The third-order valence-corrected chi connectivity index (χ3v) is 4.92. The van der Waals surface area contributed by atoms with Crippen LogP contribution < -0.4 is 14.8 Å². The third kappa shape index (κ3) is 5.07. The van der Waals surface area contributed by atoms with Crippen molar-refractivity contribution in [3.63, 3.8) is 0 Å². The van der Waals surface area contributed by atoms with E-state index in [2.05, 4.69) is 25.4 Å². The van der Waals surface area contributed by atoms with E-state index in [1.807, 2.05) is 37.3 Å². The molecule has 0 bridgehead atoms. The van der Waals surface area contributed by atoms with Crippen molar-refractivity contribution in [3.8, 4) is 17.3 Å². The standard InChI is InChI=1S/C23H24N6O4/c1-15-7-8-20(24-12-15)28-22(30)19(9-10-31-2)33-23-18-13-27-29(21(18)25-14-26-23)16-5-4-6-17(11-16)32-3/h4-8,11-14,19H,9-10H2,1-3H3,(H,24,28,30)/t19-/m0/s1. The Labute approximate surface area is 190 Å². The average molecular weight is 448 g/mol. The highest BCUT2D eigenvalue weighted by Crippen LogP contribution is 2.26. The number of carbonyl (C=O) groups excluding carboxylic acids is 1. The van der Waals surface area contributed by atoms with Gasteiger partial charge in [0.2, 0.25) is 5.88 Å². The van der Waals surface area contributed by atoms with Crippen molar-refractivity contribution in [2.24, 2.45) is 0 Å². The van der Waals surface area contributed by atoms with Gasteiger partial charge < -0.3 is 19.5 Å². The Morgan fingerprint density at radius 2 is 2.00 bits per heavy atom. The quantitative estimate of drug-likeness (QED) is 0.416. The maximum atomic E-state index is 12.9. The number of carbonyl (C=O) groups is 1. The predicted octanol–water partition coefficient (Wildman–Crippen LogP) is 2.95. The number of nitrogens with one attached hydrogen (secondary N) is 1. The number of pyridine rings is 1. The number of nitrogens with zero attached hydrogens (tertiary/aromatic N) is 5. The Hall–Kier alpha value is -4.05. The van der Waals surface area contributed by atoms with Crippen LogP contribution in [0.5, 0.6) is 11.6 Å². The molecule has 0 aliphatic carbocycles. The van der Waals surface area contributed by atoms with Gasteiger partial charge in [-0.1, -0.05) is 12.1 Å². The van der Waals surface area contributed by atoms with Gasteiger partial charge in [-0.2, -0.15) is 5.10 Å². The van der Waals surface area contributed by atoms with Crippen LogP contribution in [0.25, 0.3) is 16.7 Å². The van der Waals surface area contributed by atoms with Gasteiger partial charge in [-0.25, -0.2) is 19.6 Å². The van der Waals surface area contributed by atoms with Crippen molar-refractivity contribution < 1.29 is 19.0 Å². The molecular formula is C23H24N6O4. The van der Waals surface area contributed by atoms with Crippen molar-refractivity contribution in [1.29, 1.82) is 0 Å². The Morgan fingerprint density at radius 3 is 2.76 bits per heavy atom. The van der Waals surface area contributed by atoms with Gasteiger partial charge >= 0.3 is 0 Å². The topological polar surface area (TPSA) is 113 Å². The summed E-state index contributed by atoms with van der Waals surface area (Å²) in [5.74, 6) is 1.04. The fraction of sp³-hybridized carbons (Fsp3) is 0.261. The van der Waals surface area contributed by atoms with Gasteiger partial charge in [-0.15, -0.1) is 0 Å². The normalized spacial score (nSPS) is 11.8. The number of ether oxygens (including phenoxy) is 3. The zero-order chi connectivity index (χ0) is 23.2. The summed E-state index contributed by atoms with van der Waals surface area (Å²) in [5, 5.41) is 7.79. The molecule has 10 heteroatoms. The Morgan fingerprint density at radius 1 is 1.12 bits per heavy atom. The fourth-order valence-electron chi connectivity index (χ4n) is 3.20. The van der Waals surface area contributed by atoms with E-state index in [1.54, 1.807) is 37.4 Å². The number of fused-ring (bicyclic) bond motifs is 1. The van der Waals surface area contributed by atoms with Crippen LogP contribution in [-0.4, -0.2) is 57.6 Å². The molecule has 170 valence electrons. The minimum absolute atomic E-state index is 0.252.